The average molecular weight is 1030 g/mol. The predicted molar refractivity (Wildman–Crippen MR) is 252 cm³/mol. The Labute approximate surface area is 422 Å². The molecule has 18 nitrogen and oxygen atoms in total. The maximum absolute atomic E-state index is 14.7. The minimum Gasteiger partial charge on any atom is -0.446 e. The lowest BCUT2D eigenvalue weighted by molar-refractivity contribution is -0.363. The molecule has 8 fully saturated rings. The van der Waals surface area contributed by atoms with Gasteiger partial charge in [0.1, 0.15) is 66.8 Å². The number of hydrogen-bond acceptors (Lipinski definition) is 16. The summed E-state index contributed by atoms with van der Waals surface area (Å²) in [5.74, 6) is -0.0493. The molecule has 2 aromatic carbocycles. The molecule has 7 N–H and O–H groups in total. The van der Waals surface area contributed by atoms with E-state index >= 15 is 0 Å². The molecule has 0 radical (unpaired) electrons. The van der Waals surface area contributed by atoms with Gasteiger partial charge in [-0.25, -0.2) is 18.4 Å². The summed E-state index contributed by atoms with van der Waals surface area (Å²) >= 11 is 0. The number of hydrogen-bond donors (Lipinski definition) is 7. The summed E-state index contributed by atoms with van der Waals surface area (Å²) in [6.07, 6.45) is -12.9. The second-order valence-electron chi connectivity index (χ2n) is 22.6. The van der Waals surface area contributed by atoms with Crippen molar-refractivity contribution in [1.82, 2.24) is 0 Å². The summed E-state index contributed by atoms with van der Waals surface area (Å²) in [6.45, 7) is 8.11. The monoisotopic (exact) mass is 1030 g/mol. The number of carbonyl (C=O) groups excluding carboxylic acids is 3. The summed E-state index contributed by atoms with van der Waals surface area (Å²) in [5, 5.41) is 60.8. The van der Waals surface area contributed by atoms with Crippen LogP contribution in [-0.2, 0) is 42.7 Å². The van der Waals surface area contributed by atoms with Crippen molar-refractivity contribution >= 4 is 29.3 Å². The first-order chi connectivity index (χ1) is 34.8. The van der Waals surface area contributed by atoms with E-state index in [1.54, 1.807) is 0 Å². The Hall–Kier alpha value is -3.93. The number of carbonyl (C=O) groups is 3. The molecule has 2 amide bonds. The molecule has 20 heteroatoms. The highest BCUT2D eigenvalue weighted by molar-refractivity contribution is 5.87. The summed E-state index contributed by atoms with van der Waals surface area (Å²) in [4.78, 5) is 40.4. The number of halogens is 2. The Kier molecular flexibility index (Phi) is 14.8. The third-order valence-corrected chi connectivity index (χ3v) is 18.7. The van der Waals surface area contributed by atoms with Gasteiger partial charge in [-0.15, -0.1) is 0 Å². The van der Waals surface area contributed by atoms with Crippen molar-refractivity contribution in [3.8, 4) is 0 Å². The van der Waals surface area contributed by atoms with Crippen LogP contribution in [0.4, 0.5) is 29.7 Å². The zero-order valence-corrected chi connectivity index (χ0v) is 41.6. The van der Waals surface area contributed by atoms with Gasteiger partial charge in [-0.05, 0) is 104 Å². The summed E-state index contributed by atoms with van der Waals surface area (Å²) in [7, 11) is 0. The molecule has 4 aliphatic heterocycles. The van der Waals surface area contributed by atoms with Gasteiger partial charge in [0.05, 0.1) is 36.8 Å². The van der Waals surface area contributed by atoms with Crippen LogP contribution in [0.5, 0.6) is 0 Å². The van der Waals surface area contributed by atoms with Crippen molar-refractivity contribution in [2.45, 2.75) is 165 Å². The van der Waals surface area contributed by atoms with Gasteiger partial charge >= 0.3 is 12.2 Å². The summed E-state index contributed by atoms with van der Waals surface area (Å²) in [5.41, 5.74) is -1.08. The quantitative estimate of drug-likeness (QED) is 0.147. The number of rotatable bonds is 10. The Balaban J connectivity index is 0.774. The number of ether oxygens (including phenoxy) is 8. The topological polar surface area (TPSA) is 250 Å². The Morgan fingerprint density at radius 3 is 2.07 bits per heavy atom. The Morgan fingerprint density at radius 1 is 0.767 bits per heavy atom. The van der Waals surface area contributed by atoms with Gasteiger partial charge in [0.25, 0.3) is 0 Å². The highest BCUT2D eigenvalue weighted by atomic mass is 19.1. The minimum absolute atomic E-state index is 0.000483. The third-order valence-electron chi connectivity index (χ3n) is 18.7. The van der Waals surface area contributed by atoms with Crippen LogP contribution >= 0.6 is 0 Å². The van der Waals surface area contributed by atoms with Crippen molar-refractivity contribution in [2.24, 2.45) is 52.3 Å². The number of ketones is 1. The summed E-state index contributed by atoms with van der Waals surface area (Å²) in [6, 6.07) is 10.4. The van der Waals surface area contributed by atoms with Crippen LogP contribution in [0.3, 0.4) is 0 Å². The van der Waals surface area contributed by atoms with Crippen LogP contribution in [0.1, 0.15) is 85.5 Å². The van der Waals surface area contributed by atoms with Crippen LogP contribution in [-0.4, -0.2) is 143 Å². The lowest BCUT2D eigenvalue weighted by Crippen LogP contribution is -2.65. The molecule has 1 spiro atoms. The van der Waals surface area contributed by atoms with E-state index in [1.807, 2.05) is 0 Å². The molecule has 10 rings (SSSR count). The van der Waals surface area contributed by atoms with Gasteiger partial charge < -0.3 is 63.4 Å². The number of anilines is 2. The minimum atomic E-state index is -2.04. The maximum atomic E-state index is 14.7. The van der Waals surface area contributed by atoms with Crippen molar-refractivity contribution in [3.05, 3.63) is 60.2 Å². The number of fused-ring (bicyclic) bond motifs is 7. The molecular weight excluding hydrogens is 959 g/mol. The second kappa shape index (κ2) is 20.5. The lowest BCUT2D eigenvalue weighted by Gasteiger charge is -2.60. The molecule has 0 aromatic heterocycles. The van der Waals surface area contributed by atoms with Gasteiger partial charge in [0.15, 0.2) is 24.5 Å². The van der Waals surface area contributed by atoms with Crippen molar-refractivity contribution in [1.29, 1.82) is 0 Å². The van der Waals surface area contributed by atoms with Gasteiger partial charge in [0.2, 0.25) is 0 Å². The third kappa shape index (κ3) is 9.48. The molecular formula is C53H70F2N2O16. The normalized spacial score (nSPS) is 45.1. The first kappa shape index (κ1) is 52.5. The molecule has 0 bridgehead atoms. The van der Waals surface area contributed by atoms with Crippen molar-refractivity contribution in [3.63, 3.8) is 0 Å². The molecule has 22 atom stereocenters. The van der Waals surface area contributed by atoms with Gasteiger partial charge in [-0.1, -0.05) is 52.0 Å². The predicted octanol–water partition coefficient (Wildman–Crippen LogP) is 5.41. The largest absolute Gasteiger partial charge is 0.446 e. The van der Waals surface area contributed by atoms with E-state index in [0.29, 0.717) is 43.5 Å². The number of nitrogens with one attached hydrogen (secondary N) is 2. The van der Waals surface area contributed by atoms with E-state index in [2.05, 4.69) is 38.3 Å². The summed E-state index contributed by atoms with van der Waals surface area (Å²) < 4.78 is 77.0. The van der Waals surface area contributed by atoms with E-state index in [-0.39, 0.29) is 58.6 Å². The van der Waals surface area contributed by atoms with E-state index in [1.165, 1.54) is 36.4 Å². The number of aliphatic hydroxyl groups excluding tert-OH is 5. The number of para-hydroxylation sites is 2. The molecule has 4 aliphatic carbocycles. The van der Waals surface area contributed by atoms with E-state index < -0.39 is 110 Å². The number of aliphatic hydroxyl groups is 5. The zero-order valence-electron chi connectivity index (χ0n) is 41.6. The highest BCUT2D eigenvalue weighted by Crippen LogP contribution is 2.70. The van der Waals surface area contributed by atoms with Crippen LogP contribution in [0.15, 0.2) is 48.5 Å². The van der Waals surface area contributed by atoms with Crippen LogP contribution in [0.2, 0.25) is 0 Å². The van der Waals surface area contributed by atoms with Crippen LogP contribution in [0, 0.1) is 63.9 Å². The maximum Gasteiger partial charge on any atom is 0.412 e. The highest BCUT2D eigenvalue weighted by Gasteiger charge is 2.72. The second-order valence-corrected chi connectivity index (χ2v) is 22.6. The molecule has 73 heavy (non-hydrogen) atoms. The molecule has 0 unspecified atom stereocenters. The average Bonchev–Trinajstić information content (AvgIpc) is 3.82. The molecule has 4 saturated heterocycles. The van der Waals surface area contributed by atoms with Gasteiger partial charge in [-0.3, -0.25) is 15.4 Å². The van der Waals surface area contributed by atoms with Crippen molar-refractivity contribution in [2.75, 3.05) is 30.5 Å². The van der Waals surface area contributed by atoms with Crippen LogP contribution < -0.4 is 10.6 Å². The fourth-order valence-electron chi connectivity index (χ4n) is 14.7. The number of amides is 2. The smallest absolute Gasteiger partial charge is 0.412 e. The number of benzene rings is 2. The fraction of sp³-hybridized carbons (Fsp3) is 0.717. The first-order valence-corrected chi connectivity index (χ1v) is 26.1. The van der Waals surface area contributed by atoms with Crippen LogP contribution in [0.25, 0.3) is 0 Å². The zero-order chi connectivity index (χ0) is 51.7. The molecule has 8 aliphatic rings. The molecule has 402 valence electrons. The SMILES string of the molecule is C[C@@H]1CC[C@@]2(OC1)O[C@H]1C[C@H]3[C@@H]4CC[C@H]5C[C@@H](O[C@@H]6O[C@H](CO)[C@@H](O[C@@H]7O[C@H](COC(=O)Nc8ccccc8F)[C@@H](OC(=O)Nc8ccccc8F)[C@H](O)[C@H]7O)[C@H](O)[C@H]6O)CC[C@]5(C)[C@H]4CC(=O)[C@]3(C)[C@H]1[C@@H]2C. The lowest BCUT2D eigenvalue weighted by atomic mass is 9.44. The first-order valence-electron chi connectivity index (χ1n) is 26.1. The number of Topliss-reactive ketones (excluding diaryl/α,β-unsaturated/α-hetero) is 1. The van der Waals surface area contributed by atoms with E-state index in [9.17, 15) is 48.7 Å². The van der Waals surface area contributed by atoms with Gasteiger partial charge in [0, 0.05) is 30.1 Å². The van der Waals surface area contributed by atoms with Gasteiger partial charge in [-0.2, -0.15) is 0 Å². The molecule has 4 saturated carbocycles. The van der Waals surface area contributed by atoms with E-state index in [4.69, 9.17) is 37.9 Å². The van der Waals surface area contributed by atoms with E-state index in [0.717, 1.165) is 50.7 Å². The molecule has 4 heterocycles. The Bertz CT molecular complexity index is 2340. The standard InChI is InChI=1S/C53H70F2N2O16/c1-25-15-18-53(67-23-25)26(2)40-36(73-53)20-31-29-14-13-27-19-28(16-17-51(27,3)30(29)21-39(59)52(31,40)4)68-47-43(62)41(60)45(37(22-58)69-47)71-48-44(63)42(61)46(72-50(65)57-35-12-8-6-10-33(35)55)38(70-48)24-66-49(64)56-34-11-7-5-9-32(34)54/h5-12,25-31,36-38,40-48,58,60-63H,13-24H2,1-4H3,(H,56,64)(H,57,65)/t25-,26+,27+,28+,29-,30+,31+,36+,37-,38-,40+,41-,42-,43-,44-,45-,46-,47-,48+,51+,52-,53-/m1/s1. The fourth-order valence-corrected chi connectivity index (χ4v) is 14.7. The Morgan fingerprint density at radius 2 is 1.41 bits per heavy atom. The molecule has 2 aromatic rings. The van der Waals surface area contributed by atoms with Crippen molar-refractivity contribution < 1.29 is 86.6 Å².